The number of nitrogen functional groups attached to an aromatic ring is 1. The van der Waals surface area contributed by atoms with Crippen molar-refractivity contribution in [2.75, 3.05) is 16.8 Å². The molecule has 0 aliphatic carbocycles. The molecule has 3 N–H and O–H groups in total. The molecule has 10 heteroatoms. The molecule has 0 atom stereocenters. The summed E-state index contributed by atoms with van der Waals surface area (Å²) in [7, 11) is 0. The average molecular weight is 331 g/mol. The number of rotatable bonds is 4. The second-order valence-corrected chi connectivity index (χ2v) is 5.78. The molecule has 2 heterocycles. The molecule has 0 aromatic carbocycles. The number of anilines is 2. The SMILES string of the molecule is Cc1c(C#N)c(N)nc(SCC(=O)Nc2nncs2)c1C#N. The van der Waals surface area contributed by atoms with E-state index in [9.17, 15) is 10.1 Å². The zero-order valence-corrected chi connectivity index (χ0v) is 13.0. The first-order valence-corrected chi connectivity index (χ1v) is 7.72. The highest BCUT2D eigenvalue weighted by molar-refractivity contribution is 8.00. The maximum absolute atomic E-state index is 11.8. The Bertz CT molecular complexity index is 789. The number of nitrogens with two attached hydrogens (primary N) is 1. The van der Waals surface area contributed by atoms with Gasteiger partial charge in [-0.25, -0.2) is 4.98 Å². The van der Waals surface area contributed by atoms with Crippen LogP contribution < -0.4 is 11.1 Å². The van der Waals surface area contributed by atoms with Crippen LogP contribution in [0.5, 0.6) is 0 Å². The minimum absolute atomic E-state index is 0.0338. The highest BCUT2D eigenvalue weighted by Gasteiger charge is 2.17. The highest BCUT2D eigenvalue weighted by atomic mass is 32.2. The van der Waals surface area contributed by atoms with Gasteiger partial charge in [0.25, 0.3) is 0 Å². The van der Waals surface area contributed by atoms with Crippen molar-refractivity contribution in [1.29, 1.82) is 10.5 Å². The van der Waals surface area contributed by atoms with Crippen LogP contribution in [0.1, 0.15) is 16.7 Å². The van der Waals surface area contributed by atoms with Crippen molar-refractivity contribution in [2.45, 2.75) is 11.9 Å². The molecule has 2 aromatic rings. The summed E-state index contributed by atoms with van der Waals surface area (Å²) in [6.45, 7) is 1.63. The Morgan fingerprint density at radius 3 is 2.77 bits per heavy atom. The summed E-state index contributed by atoms with van der Waals surface area (Å²) in [6.07, 6.45) is 0. The van der Waals surface area contributed by atoms with Crippen LogP contribution in [-0.2, 0) is 4.79 Å². The number of hydrogen-bond acceptors (Lipinski definition) is 9. The van der Waals surface area contributed by atoms with Crippen molar-refractivity contribution in [2.24, 2.45) is 0 Å². The van der Waals surface area contributed by atoms with Gasteiger partial charge in [0.2, 0.25) is 11.0 Å². The number of carbonyl (C=O) groups excluding carboxylic acids is 1. The molecule has 0 aliphatic rings. The largest absolute Gasteiger partial charge is 0.383 e. The van der Waals surface area contributed by atoms with E-state index < -0.39 is 0 Å². The van der Waals surface area contributed by atoms with Gasteiger partial charge in [0.1, 0.15) is 28.5 Å². The Labute approximate surface area is 134 Å². The third-order valence-electron chi connectivity index (χ3n) is 2.61. The zero-order valence-electron chi connectivity index (χ0n) is 11.3. The van der Waals surface area contributed by atoms with E-state index in [0.717, 1.165) is 11.8 Å². The van der Waals surface area contributed by atoms with Crippen molar-refractivity contribution >= 4 is 40.0 Å². The molecule has 0 saturated carbocycles. The quantitative estimate of drug-likeness (QED) is 0.798. The van der Waals surface area contributed by atoms with Gasteiger partial charge in [-0.2, -0.15) is 10.5 Å². The van der Waals surface area contributed by atoms with Crippen LogP contribution in [0.2, 0.25) is 0 Å². The summed E-state index contributed by atoms with van der Waals surface area (Å²) in [5.74, 6) is -0.217. The molecule has 110 valence electrons. The van der Waals surface area contributed by atoms with Crippen LogP contribution in [0.15, 0.2) is 10.5 Å². The maximum Gasteiger partial charge on any atom is 0.236 e. The number of pyridine rings is 1. The van der Waals surface area contributed by atoms with Crippen molar-refractivity contribution in [3.05, 3.63) is 22.2 Å². The molecule has 0 fully saturated rings. The molecule has 0 unspecified atom stereocenters. The van der Waals surface area contributed by atoms with Gasteiger partial charge in [0.05, 0.1) is 16.9 Å². The molecule has 0 saturated heterocycles. The third kappa shape index (κ3) is 3.31. The van der Waals surface area contributed by atoms with Crippen LogP contribution in [0.3, 0.4) is 0 Å². The molecular formula is C12H9N7OS2. The minimum Gasteiger partial charge on any atom is -0.383 e. The van der Waals surface area contributed by atoms with E-state index in [0.29, 0.717) is 15.7 Å². The van der Waals surface area contributed by atoms with E-state index in [1.54, 1.807) is 6.92 Å². The maximum atomic E-state index is 11.8. The lowest BCUT2D eigenvalue weighted by Crippen LogP contribution is -2.14. The molecule has 0 bridgehead atoms. The van der Waals surface area contributed by atoms with Crippen molar-refractivity contribution in [3.8, 4) is 12.1 Å². The van der Waals surface area contributed by atoms with Crippen LogP contribution in [0, 0.1) is 29.6 Å². The predicted molar refractivity (Wildman–Crippen MR) is 82.1 cm³/mol. The Morgan fingerprint density at radius 1 is 1.45 bits per heavy atom. The van der Waals surface area contributed by atoms with Crippen LogP contribution >= 0.6 is 23.1 Å². The third-order valence-corrected chi connectivity index (χ3v) is 4.19. The fraction of sp³-hybridized carbons (Fsp3) is 0.167. The highest BCUT2D eigenvalue weighted by Crippen LogP contribution is 2.27. The zero-order chi connectivity index (χ0) is 16.1. The van der Waals surface area contributed by atoms with Crippen molar-refractivity contribution in [3.63, 3.8) is 0 Å². The van der Waals surface area contributed by atoms with Gasteiger partial charge in [-0.15, -0.1) is 10.2 Å². The lowest BCUT2D eigenvalue weighted by Gasteiger charge is -2.09. The van der Waals surface area contributed by atoms with Crippen LogP contribution in [0.4, 0.5) is 10.9 Å². The summed E-state index contributed by atoms with van der Waals surface area (Å²) in [5.41, 5.74) is 8.09. The standard InChI is InChI=1S/C12H9N7OS2/c1-6-7(2-13)10(15)18-11(8(6)3-14)21-4-9(20)17-12-19-16-5-22-12/h5H,4H2,1H3,(H2,15,18)(H,17,19,20). The van der Waals surface area contributed by atoms with E-state index in [-0.39, 0.29) is 28.6 Å². The molecular weight excluding hydrogens is 322 g/mol. The molecule has 0 aliphatic heterocycles. The lowest BCUT2D eigenvalue weighted by molar-refractivity contribution is -0.113. The monoisotopic (exact) mass is 331 g/mol. The lowest BCUT2D eigenvalue weighted by atomic mass is 10.1. The number of amides is 1. The second-order valence-electron chi connectivity index (χ2n) is 3.98. The van der Waals surface area contributed by atoms with Gasteiger partial charge in [0.15, 0.2) is 0 Å². The van der Waals surface area contributed by atoms with E-state index in [2.05, 4.69) is 20.5 Å². The Balaban J connectivity index is 2.15. The number of nitrogens with zero attached hydrogens (tertiary/aromatic N) is 5. The van der Waals surface area contributed by atoms with Crippen LogP contribution in [-0.4, -0.2) is 26.8 Å². The van der Waals surface area contributed by atoms with Crippen molar-refractivity contribution < 1.29 is 4.79 Å². The number of thioether (sulfide) groups is 1. The first-order chi connectivity index (χ1) is 10.6. The van der Waals surface area contributed by atoms with Gasteiger partial charge < -0.3 is 5.73 Å². The minimum atomic E-state index is -0.298. The van der Waals surface area contributed by atoms with E-state index in [1.165, 1.54) is 16.8 Å². The molecule has 8 nitrogen and oxygen atoms in total. The van der Waals surface area contributed by atoms with Crippen LogP contribution in [0.25, 0.3) is 0 Å². The Hall–Kier alpha value is -2.69. The van der Waals surface area contributed by atoms with Gasteiger partial charge in [0, 0.05) is 0 Å². The average Bonchev–Trinajstić information content (AvgIpc) is 2.98. The Morgan fingerprint density at radius 2 is 2.18 bits per heavy atom. The van der Waals surface area contributed by atoms with Crippen molar-refractivity contribution in [1.82, 2.24) is 15.2 Å². The van der Waals surface area contributed by atoms with Gasteiger partial charge in [-0.3, -0.25) is 10.1 Å². The fourth-order valence-corrected chi connectivity index (χ4v) is 2.90. The molecule has 1 amide bonds. The topological polar surface area (TPSA) is 141 Å². The van der Waals surface area contributed by atoms with Gasteiger partial charge >= 0.3 is 0 Å². The fourth-order valence-electron chi connectivity index (χ4n) is 1.59. The number of carbonyl (C=O) groups is 1. The molecule has 2 rings (SSSR count). The normalized spacial score (nSPS) is 9.77. The van der Waals surface area contributed by atoms with E-state index >= 15 is 0 Å². The smallest absolute Gasteiger partial charge is 0.236 e. The summed E-state index contributed by atoms with van der Waals surface area (Å²) in [5, 5.41) is 28.8. The van der Waals surface area contributed by atoms with Gasteiger partial charge in [-0.1, -0.05) is 23.1 Å². The summed E-state index contributed by atoms with van der Waals surface area (Å²) in [4.78, 5) is 15.8. The second kappa shape index (κ2) is 6.85. The molecule has 2 aromatic heterocycles. The molecule has 22 heavy (non-hydrogen) atoms. The first-order valence-electron chi connectivity index (χ1n) is 5.86. The number of nitrogens with one attached hydrogen (secondary N) is 1. The predicted octanol–water partition coefficient (Wildman–Crippen LogP) is 1.30. The summed E-state index contributed by atoms with van der Waals surface area (Å²) < 4.78 is 0. The van der Waals surface area contributed by atoms with E-state index in [1.807, 2.05) is 12.1 Å². The summed E-state index contributed by atoms with van der Waals surface area (Å²) >= 11 is 2.27. The number of nitriles is 2. The number of aromatic nitrogens is 3. The molecule has 0 radical (unpaired) electrons. The van der Waals surface area contributed by atoms with Gasteiger partial charge in [-0.05, 0) is 12.5 Å². The first kappa shape index (κ1) is 15.7. The number of hydrogen-bond donors (Lipinski definition) is 2. The molecule has 0 spiro atoms. The van der Waals surface area contributed by atoms with E-state index in [4.69, 9.17) is 11.0 Å². The Kier molecular flexibility index (Phi) is 4.88. The summed E-state index contributed by atoms with van der Waals surface area (Å²) in [6, 6.07) is 3.91.